The van der Waals surface area contributed by atoms with E-state index in [0.717, 1.165) is 28.3 Å². The second-order valence-electron chi connectivity index (χ2n) is 7.64. The lowest BCUT2D eigenvalue weighted by molar-refractivity contribution is -0.114. The van der Waals surface area contributed by atoms with Crippen LogP contribution < -0.4 is 5.01 Å². The summed E-state index contributed by atoms with van der Waals surface area (Å²) in [5.74, 6) is 0.495. The first-order valence-electron chi connectivity index (χ1n) is 10.8. The summed E-state index contributed by atoms with van der Waals surface area (Å²) >= 11 is 7.65. The molecule has 0 bridgehead atoms. The molecule has 1 aliphatic rings. The molecule has 0 fully saturated rings. The number of hydrazone groups is 1. The fourth-order valence-corrected chi connectivity index (χ4v) is 4.44. The number of halogens is 1. The molecule has 0 N–H and O–H groups in total. The van der Waals surface area contributed by atoms with Crippen LogP contribution in [-0.4, -0.2) is 17.4 Å². The van der Waals surface area contributed by atoms with E-state index in [0.29, 0.717) is 16.3 Å². The molecular weight excluding hydrogens is 436 g/mol. The number of hydrogen-bond acceptors (Lipinski definition) is 3. The molecule has 32 heavy (non-hydrogen) atoms. The van der Waals surface area contributed by atoms with Gasteiger partial charge in [0.2, 0.25) is 0 Å². The molecular formula is C27H25ClN2OS. The highest BCUT2D eigenvalue weighted by molar-refractivity contribution is 8.00. The third kappa shape index (κ3) is 5.50. The lowest BCUT2D eigenvalue weighted by Gasteiger charge is -2.11. The summed E-state index contributed by atoms with van der Waals surface area (Å²) in [6, 6.07) is 25.7. The zero-order valence-electron chi connectivity index (χ0n) is 18.0. The Labute approximate surface area is 198 Å². The van der Waals surface area contributed by atoms with E-state index in [-0.39, 0.29) is 5.91 Å². The normalized spacial score (nSPS) is 14.8. The highest BCUT2D eigenvalue weighted by Gasteiger charge is 2.31. The number of thioether (sulfide) groups is 1. The topological polar surface area (TPSA) is 32.7 Å². The maximum Gasteiger partial charge on any atom is 0.280 e. The maximum absolute atomic E-state index is 13.3. The molecule has 1 aliphatic heterocycles. The fraction of sp³-hybridized carbons (Fsp3) is 0.185. The van der Waals surface area contributed by atoms with Gasteiger partial charge in [0.1, 0.15) is 0 Å². The molecule has 0 saturated carbocycles. The van der Waals surface area contributed by atoms with Gasteiger partial charge in [-0.2, -0.15) is 10.1 Å². The number of unbranched alkanes of at least 4 members (excludes halogenated alkanes) is 1. The van der Waals surface area contributed by atoms with Crippen molar-refractivity contribution in [1.82, 2.24) is 0 Å². The molecule has 1 amide bonds. The van der Waals surface area contributed by atoms with Crippen LogP contribution in [0, 0.1) is 0 Å². The van der Waals surface area contributed by atoms with Gasteiger partial charge in [0.15, 0.2) is 0 Å². The Morgan fingerprint density at radius 2 is 1.69 bits per heavy atom. The Balaban J connectivity index is 1.60. The van der Waals surface area contributed by atoms with Crippen molar-refractivity contribution in [2.45, 2.75) is 31.1 Å². The minimum Gasteiger partial charge on any atom is -0.267 e. The summed E-state index contributed by atoms with van der Waals surface area (Å²) in [7, 11) is 0. The van der Waals surface area contributed by atoms with Gasteiger partial charge in [-0.05, 0) is 66.4 Å². The Morgan fingerprint density at radius 3 is 2.38 bits per heavy atom. The van der Waals surface area contributed by atoms with E-state index in [2.05, 4.69) is 31.2 Å². The third-order valence-electron chi connectivity index (χ3n) is 5.25. The van der Waals surface area contributed by atoms with Crippen molar-refractivity contribution in [3.8, 4) is 0 Å². The van der Waals surface area contributed by atoms with Gasteiger partial charge in [-0.1, -0.05) is 67.4 Å². The average molecular weight is 461 g/mol. The minimum absolute atomic E-state index is 0.0991. The van der Waals surface area contributed by atoms with E-state index in [1.807, 2.05) is 60.7 Å². The summed E-state index contributed by atoms with van der Waals surface area (Å²) in [6.45, 7) is 2.20. The number of nitrogens with zero attached hydrogens (tertiary/aromatic N) is 2. The molecule has 4 rings (SSSR count). The summed E-state index contributed by atoms with van der Waals surface area (Å²) in [5, 5.41) is 6.90. The van der Waals surface area contributed by atoms with Crippen LogP contribution >= 0.6 is 23.4 Å². The van der Waals surface area contributed by atoms with Crippen molar-refractivity contribution >= 4 is 46.7 Å². The van der Waals surface area contributed by atoms with Crippen LogP contribution in [0.25, 0.3) is 6.08 Å². The monoisotopic (exact) mass is 460 g/mol. The lowest BCUT2D eigenvalue weighted by atomic mass is 10.0. The van der Waals surface area contributed by atoms with Crippen LogP contribution in [0.1, 0.15) is 30.9 Å². The number of hydrogen-bond donors (Lipinski definition) is 0. The van der Waals surface area contributed by atoms with Crippen LogP contribution in [0.3, 0.4) is 0 Å². The van der Waals surface area contributed by atoms with Gasteiger partial charge < -0.3 is 0 Å². The minimum atomic E-state index is -0.0991. The van der Waals surface area contributed by atoms with Crippen molar-refractivity contribution in [2.24, 2.45) is 5.10 Å². The van der Waals surface area contributed by atoms with Gasteiger partial charge in [-0.25, -0.2) is 0 Å². The Hall–Kier alpha value is -2.82. The van der Waals surface area contributed by atoms with E-state index >= 15 is 0 Å². The molecule has 3 aromatic rings. The van der Waals surface area contributed by atoms with Gasteiger partial charge in [0.25, 0.3) is 5.91 Å². The van der Waals surface area contributed by atoms with Crippen LogP contribution in [0.15, 0.2) is 94.4 Å². The van der Waals surface area contributed by atoms with Gasteiger partial charge in [0.05, 0.1) is 17.0 Å². The predicted molar refractivity (Wildman–Crippen MR) is 137 cm³/mol. The van der Waals surface area contributed by atoms with Crippen molar-refractivity contribution in [1.29, 1.82) is 0 Å². The molecule has 0 spiro atoms. The summed E-state index contributed by atoms with van der Waals surface area (Å²) in [4.78, 5) is 14.4. The Bertz CT molecular complexity index is 1120. The number of carbonyl (C=O) groups excluding carboxylic acids is 1. The quantitative estimate of drug-likeness (QED) is 0.261. The third-order valence-corrected chi connectivity index (χ3v) is 6.53. The van der Waals surface area contributed by atoms with Gasteiger partial charge in [-0.3, -0.25) is 4.79 Å². The number of benzene rings is 3. The van der Waals surface area contributed by atoms with E-state index in [1.54, 1.807) is 11.8 Å². The van der Waals surface area contributed by atoms with E-state index in [1.165, 1.54) is 23.4 Å². The van der Waals surface area contributed by atoms with Crippen LogP contribution in [0.2, 0.25) is 5.02 Å². The number of aryl methyl sites for hydroxylation is 1. The lowest BCUT2D eigenvalue weighted by Crippen LogP contribution is -2.21. The number of carbonyl (C=O) groups is 1. The SMILES string of the molecule is CCCCc1ccc(C=C2C(=O)N(c3ccccc3)N=C2CSc2ccc(Cl)cc2)cc1. The first-order valence-corrected chi connectivity index (χ1v) is 12.2. The first-order chi connectivity index (χ1) is 15.6. The van der Waals surface area contributed by atoms with E-state index in [4.69, 9.17) is 16.7 Å². The zero-order chi connectivity index (χ0) is 22.3. The standard InChI is InChI=1S/C27H25ClN2OS/c1-2-3-7-20-10-12-21(13-11-20)18-25-26(19-32-24-16-14-22(28)15-17-24)29-30(27(25)31)23-8-5-4-6-9-23/h4-6,8-18H,2-3,7,19H2,1H3. The van der Waals surface area contributed by atoms with Crippen molar-refractivity contribution < 1.29 is 4.79 Å². The molecule has 5 heteroatoms. The Morgan fingerprint density at radius 1 is 0.969 bits per heavy atom. The number of rotatable bonds is 8. The fourth-order valence-electron chi connectivity index (χ4n) is 3.46. The molecule has 1 heterocycles. The van der Waals surface area contributed by atoms with E-state index < -0.39 is 0 Å². The molecule has 0 aromatic heterocycles. The molecule has 0 radical (unpaired) electrons. The van der Waals surface area contributed by atoms with Crippen LogP contribution in [-0.2, 0) is 11.2 Å². The summed E-state index contributed by atoms with van der Waals surface area (Å²) in [6.07, 6.45) is 5.40. The molecule has 3 aromatic carbocycles. The van der Waals surface area contributed by atoms with Crippen molar-refractivity contribution in [2.75, 3.05) is 10.8 Å². The Kier molecular flexibility index (Phi) is 7.46. The average Bonchev–Trinajstić information content (AvgIpc) is 3.14. The van der Waals surface area contributed by atoms with Gasteiger partial charge in [0, 0.05) is 15.7 Å². The second-order valence-corrected chi connectivity index (χ2v) is 9.13. The maximum atomic E-state index is 13.3. The molecule has 0 unspecified atom stereocenters. The van der Waals surface area contributed by atoms with Crippen molar-refractivity contribution in [3.63, 3.8) is 0 Å². The number of anilines is 1. The number of para-hydroxylation sites is 1. The molecule has 3 nitrogen and oxygen atoms in total. The summed E-state index contributed by atoms with van der Waals surface area (Å²) in [5.41, 5.74) is 4.51. The smallest absolute Gasteiger partial charge is 0.267 e. The molecule has 162 valence electrons. The van der Waals surface area contributed by atoms with Crippen molar-refractivity contribution in [3.05, 3.63) is 101 Å². The molecule has 0 atom stereocenters. The van der Waals surface area contributed by atoms with E-state index in [9.17, 15) is 4.79 Å². The van der Waals surface area contributed by atoms with Crippen LogP contribution in [0.4, 0.5) is 5.69 Å². The van der Waals surface area contributed by atoms with Gasteiger partial charge in [-0.15, -0.1) is 11.8 Å². The van der Waals surface area contributed by atoms with Gasteiger partial charge >= 0.3 is 0 Å². The predicted octanol–water partition coefficient (Wildman–Crippen LogP) is 7.26. The van der Waals surface area contributed by atoms with Crippen LogP contribution in [0.5, 0.6) is 0 Å². The first kappa shape index (κ1) is 22.4. The summed E-state index contributed by atoms with van der Waals surface area (Å²) < 4.78 is 0. The highest BCUT2D eigenvalue weighted by Crippen LogP contribution is 2.29. The zero-order valence-corrected chi connectivity index (χ0v) is 19.6. The molecule has 0 saturated heterocycles. The number of amides is 1. The highest BCUT2D eigenvalue weighted by atomic mass is 35.5. The largest absolute Gasteiger partial charge is 0.280 e. The molecule has 0 aliphatic carbocycles. The second kappa shape index (κ2) is 10.7.